The van der Waals surface area contributed by atoms with Crippen molar-refractivity contribution in [2.75, 3.05) is 0 Å². The molecule has 0 rings (SSSR count). The van der Waals surface area contributed by atoms with Crippen molar-refractivity contribution in [2.24, 2.45) is 0 Å². The second-order valence-corrected chi connectivity index (χ2v) is 104. The van der Waals surface area contributed by atoms with Crippen LogP contribution in [0.2, 0.25) is 0 Å². The van der Waals surface area contributed by atoms with E-state index < -0.39 is 0 Å². The van der Waals surface area contributed by atoms with Crippen molar-refractivity contribution in [1.82, 2.24) is 0 Å². The summed E-state index contributed by atoms with van der Waals surface area (Å²) in [5, 5.41) is 0. The topological polar surface area (TPSA) is 0 Å². The van der Waals surface area contributed by atoms with Gasteiger partial charge in [0.1, 0.15) is 0 Å². The fraction of sp³-hybridized carbons (Fsp3) is 0. The molecular formula is H54P36S. The largest absolute Gasteiger partial charge is 0.197 e. The number of hydrogen-bond donors (Lipinski definition) is 0. The van der Waals surface area contributed by atoms with Crippen molar-refractivity contribution in [2.45, 2.75) is 0 Å². The van der Waals surface area contributed by atoms with E-state index in [1.54, 1.807) is 0 Å². The Balaban J connectivity index is -0.0000000375. The van der Waals surface area contributed by atoms with Gasteiger partial charge in [0.25, 0.3) is 0 Å². The lowest BCUT2D eigenvalue weighted by Gasteiger charge is -2.18. The van der Waals surface area contributed by atoms with Gasteiger partial charge in [-0.15, -0.1) is 205 Å². The summed E-state index contributed by atoms with van der Waals surface area (Å²) in [6.07, 6.45) is 0. The molecule has 0 spiro atoms. The molecule has 0 aromatic rings. The molecule has 240 valence electrons. The molecule has 0 aromatic carbocycles. The maximum atomic E-state index is 5.44. The van der Waals surface area contributed by atoms with E-state index in [1.165, 1.54) is 0 Å². The smallest absolute Gasteiger partial charge is 0.0985 e. The predicted molar refractivity (Wildman–Crippen MR) is 332 cm³/mol. The minimum atomic E-state index is 0. The Kier molecular flexibility index (Phi) is 122. The van der Waals surface area contributed by atoms with Gasteiger partial charge in [-0.1, -0.05) is 23.9 Å². The van der Waals surface area contributed by atoms with Crippen LogP contribution < -0.4 is 0 Å². The Morgan fingerprint density at radius 3 is 0.649 bits per heavy atom. The molecule has 0 saturated heterocycles. The van der Waals surface area contributed by atoms with Crippen LogP contribution in [0.15, 0.2) is 0 Å². The van der Waals surface area contributed by atoms with E-state index in [4.69, 9.17) is 1.12 Å². The van der Waals surface area contributed by atoms with Crippen LogP contribution in [0.1, 0.15) is 0 Å². The number of rotatable bonds is 6. The Morgan fingerprint density at radius 1 is 0.459 bits per heavy atom. The Hall–Kier alpha value is 15.8. The third kappa shape index (κ3) is 100. The highest BCUT2D eigenvalue weighted by molar-refractivity contribution is 9.06. The average molecular weight is 1200 g/mol. The van der Waals surface area contributed by atoms with Crippen molar-refractivity contribution in [1.29, 1.82) is 1.12 Å². The first-order valence-corrected chi connectivity index (χ1v) is 64.1. The van der Waals surface area contributed by atoms with Gasteiger partial charge in [0.05, 0.1) is 1.12 Å². The zero-order chi connectivity index (χ0) is 32.3. The molecule has 0 aliphatic rings. The Bertz CT molecular complexity index is 277. The summed E-state index contributed by atoms with van der Waals surface area (Å²) in [6.45, 7) is 1.63. The summed E-state index contributed by atoms with van der Waals surface area (Å²) in [5.41, 5.74) is 0. The van der Waals surface area contributed by atoms with E-state index in [-0.39, 0.29) is 72.8 Å². The third-order valence-corrected chi connectivity index (χ3v) is 103. The molecule has 0 aromatic heterocycles. The maximum Gasteiger partial charge on any atom is 0.0985 e. The molecule has 37 heteroatoms. The molecule has 0 amide bonds. The molecule has 27 unspecified atom stereocenters. The molecule has 0 bridgehead atoms. The van der Waals surface area contributed by atoms with Crippen LogP contribution >= 0.6 is 315 Å². The quantitative estimate of drug-likeness (QED) is 0.233. The normalized spacial score (nSPS) is 11.0. The third-order valence-electron chi connectivity index (χ3n) is 1.27. The van der Waals surface area contributed by atoms with Gasteiger partial charge < -0.3 is 0 Å². The highest BCUT2D eigenvalue weighted by Crippen LogP contribution is 3.00. The van der Waals surface area contributed by atoms with Gasteiger partial charge >= 0.3 is 0 Å². The maximum absolute atomic E-state index is 5.44. The van der Waals surface area contributed by atoms with Gasteiger partial charge in [-0.05, 0) is 62.9 Å². The summed E-state index contributed by atoms with van der Waals surface area (Å²) in [4.78, 5) is 0. The molecule has 0 aliphatic carbocycles. The van der Waals surface area contributed by atoms with Crippen LogP contribution in [0.5, 0.6) is 0 Å². The second kappa shape index (κ2) is 63.8. The number of hydrogen-bond acceptors (Lipinski definition) is 0. The van der Waals surface area contributed by atoms with Crippen molar-refractivity contribution in [3.05, 3.63) is 0 Å². The Labute approximate surface area is 312 Å². The molecule has 0 radical (unpaired) electrons. The molecule has 0 saturated carbocycles. The lowest BCUT2D eigenvalue weighted by atomic mass is 28.8. The van der Waals surface area contributed by atoms with Crippen LogP contribution in [0, 0.1) is 0 Å². The van der Waals surface area contributed by atoms with Gasteiger partial charge in [0.15, 0.2) is 0 Å². The highest BCUT2D eigenvalue weighted by Gasteiger charge is 2.09. The molecular weight excluding hydrogens is 1150 g/mol. The fourth-order valence-corrected chi connectivity index (χ4v) is 45.2. The summed E-state index contributed by atoms with van der Waals surface area (Å²) in [7, 11) is 65.9. The van der Waals surface area contributed by atoms with Gasteiger partial charge in [0, 0.05) is 0 Å². The highest BCUT2D eigenvalue weighted by atomic mass is 33.1. The summed E-state index contributed by atoms with van der Waals surface area (Å²) < 4.78 is 5.44. The first-order valence-electron chi connectivity index (χ1n) is 7.57. The van der Waals surface area contributed by atoms with Crippen molar-refractivity contribution in [3.8, 4) is 0 Å². The van der Waals surface area contributed by atoms with Crippen molar-refractivity contribution in [3.63, 3.8) is 0 Å². The van der Waals surface area contributed by atoms with E-state index >= 15 is 0 Å². The molecule has 27 atom stereocenters. The first kappa shape index (κ1) is 70.6. The SMILES string of the molecule is P.PP.PP(P)P.PP(P)P(P)P.PP(P)P(P)P(P)P.PPP.PPP(P)P.PPP(P)P(P)P.[2H]S. The predicted octanol–water partition coefficient (Wildman–Crippen LogP) is 17.2. The molecule has 0 heterocycles. The lowest BCUT2D eigenvalue weighted by molar-refractivity contribution is 4.79. The van der Waals surface area contributed by atoms with Gasteiger partial charge in [-0.25, -0.2) is 0 Å². The van der Waals surface area contributed by atoms with E-state index in [0.29, 0.717) is 0 Å². The molecule has 0 nitrogen and oxygen atoms in total. The van der Waals surface area contributed by atoms with E-state index in [0.717, 1.165) is 23.9 Å². The molecule has 37 heavy (non-hydrogen) atoms. The minimum Gasteiger partial charge on any atom is -0.197 e. The fourth-order valence-electron chi connectivity index (χ4n) is 0.186. The molecule has 0 fully saturated rings. The average Bonchev–Trinajstić information content (AvgIpc) is 2.81. The zero-order valence-electron chi connectivity index (χ0n) is 21.0. The van der Waals surface area contributed by atoms with Gasteiger partial charge in [-0.3, -0.25) is 0 Å². The van der Waals surface area contributed by atoms with Crippen molar-refractivity contribution >= 4 is 315 Å². The van der Waals surface area contributed by atoms with Gasteiger partial charge in [0.2, 0.25) is 0 Å². The summed E-state index contributed by atoms with van der Waals surface area (Å²) in [6, 6.07) is 0. The van der Waals surface area contributed by atoms with Crippen molar-refractivity contribution < 1.29 is 0 Å². The monoisotopic (exact) mass is 1200 g/mol. The van der Waals surface area contributed by atoms with Crippen LogP contribution in [0.4, 0.5) is 0 Å². The van der Waals surface area contributed by atoms with Crippen LogP contribution in [0.3, 0.4) is 0 Å². The van der Waals surface area contributed by atoms with Crippen LogP contribution in [0.25, 0.3) is 0 Å². The summed E-state index contributed by atoms with van der Waals surface area (Å²) in [5.74, 6) is 0. The second-order valence-electron chi connectivity index (χ2n) is 3.84. The van der Waals surface area contributed by atoms with E-state index in [2.05, 4.69) is 219 Å². The van der Waals surface area contributed by atoms with Crippen LogP contribution in [-0.2, 0) is 0 Å². The van der Waals surface area contributed by atoms with E-state index in [9.17, 15) is 0 Å². The summed E-state index contributed by atoms with van der Waals surface area (Å²) >= 11 is 2.78. The molecule has 0 N–H and O–H groups in total. The zero-order valence-corrected chi connectivity index (χ0v) is 59.9. The first-order chi connectivity index (χ1) is 16.8. The minimum absolute atomic E-state index is 0. The molecule has 0 aliphatic heterocycles. The standard InChI is InChI=1S/H10P8.H9P7.H8P6.H7P5.H6P4.H5P3.H4P2.H3P.H2S/c1-6(2)8(5)7(3)4;1-5-7(4)6(2)3;1-5(2)6(3)4;1-4-5(2)3;1-4(2)3;1-3-2;1-2;;/h1-5H2;5H,1-4H2;1-4H2;4H,1-3H2;1-3H2;3H,1-2H2;1-2H2;1H3;1H2/i/hD. The lowest BCUT2D eigenvalue weighted by Crippen LogP contribution is -1.27. The van der Waals surface area contributed by atoms with Crippen LogP contribution in [-0.4, -0.2) is 1.12 Å². The van der Waals surface area contributed by atoms with E-state index in [1.807, 2.05) is 0 Å². The Morgan fingerprint density at radius 2 is 0.649 bits per heavy atom. The van der Waals surface area contributed by atoms with Gasteiger partial charge in [-0.2, -0.15) is 23.3 Å².